The molecule has 0 radical (unpaired) electrons. The highest BCUT2D eigenvalue weighted by Gasteiger charge is 2.36. The first-order chi connectivity index (χ1) is 8.33. The molecule has 0 aliphatic carbocycles. The molecule has 18 heavy (non-hydrogen) atoms. The van der Waals surface area contributed by atoms with Crippen LogP contribution in [0.25, 0.3) is 0 Å². The van der Waals surface area contributed by atoms with Gasteiger partial charge in [-0.2, -0.15) is 0 Å². The minimum atomic E-state index is -3.56. The lowest BCUT2D eigenvalue weighted by Crippen LogP contribution is -2.27. The summed E-state index contributed by atoms with van der Waals surface area (Å²) in [6.07, 6.45) is 0. The average molecular weight is 273 g/mol. The maximum absolute atomic E-state index is 13.5. The van der Waals surface area contributed by atoms with E-state index in [0.717, 1.165) is 10.4 Å². The first-order valence-corrected chi connectivity index (χ1v) is 6.96. The lowest BCUT2D eigenvalue weighted by atomic mass is 10.1. The second-order valence-electron chi connectivity index (χ2n) is 4.35. The number of benzene rings is 1. The van der Waals surface area contributed by atoms with Gasteiger partial charge in [0.15, 0.2) is 0 Å². The Balaban J connectivity index is 2.59. The highest BCUT2D eigenvalue weighted by Crippen LogP contribution is 2.31. The van der Waals surface area contributed by atoms with Crippen molar-refractivity contribution in [2.75, 3.05) is 16.6 Å². The molecule has 5 nitrogen and oxygen atoms in total. The molecule has 7 heteroatoms. The van der Waals surface area contributed by atoms with Crippen LogP contribution >= 0.6 is 0 Å². The Hall–Kier alpha value is -1.63. The number of carboxylic acid groups (broad SMARTS) is 1. The third-order valence-electron chi connectivity index (χ3n) is 2.78. The molecular formula is C11H12FNO4S. The lowest BCUT2D eigenvalue weighted by molar-refractivity contribution is 0.0693. The summed E-state index contributed by atoms with van der Waals surface area (Å²) in [7, 11) is -3.56. The van der Waals surface area contributed by atoms with Gasteiger partial charge in [0.2, 0.25) is 10.0 Å². The number of sulfonamides is 1. The summed E-state index contributed by atoms with van der Waals surface area (Å²) < 4.78 is 38.2. The highest BCUT2D eigenvalue weighted by atomic mass is 32.2. The summed E-state index contributed by atoms with van der Waals surface area (Å²) >= 11 is 0. The van der Waals surface area contributed by atoms with Crippen molar-refractivity contribution in [2.45, 2.75) is 6.92 Å². The molecule has 1 aromatic carbocycles. The number of carbonyl (C=O) groups is 1. The minimum absolute atomic E-state index is 0.0530. The number of hydrogen-bond acceptors (Lipinski definition) is 3. The van der Waals surface area contributed by atoms with E-state index in [0.29, 0.717) is 0 Å². The van der Waals surface area contributed by atoms with Gasteiger partial charge in [-0.25, -0.2) is 17.6 Å². The van der Waals surface area contributed by atoms with E-state index in [4.69, 9.17) is 5.11 Å². The van der Waals surface area contributed by atoms with E-state index in [9.17, 15) is 17.6 Å². The largest absolute Gasteiger partial charge is 0.478 e. The van der Waals surface area contributed by atoms with E-state index in [2.05, 4.69) is 0 Å². The summed E-state index contributed by atoms with van der Waals surface area (Å²) in [6.45, 7) is 1.92. The van der Waals surface area contributed by atoms with Crippen molar-refractivity contribution in [3.8, 4) is 0 Å². The summed E-state index contributed by atoms with van der Waals surface area (Å²) in [6, 6.07) is 3.61. The number of halogens is 1. The molecule has 1 atom stereocenters. The minimum Gasteiger partial charge on any atom is -0.478 e. The smallest absolute Gasteiger partial charge is 0.340 e. The zero-order valence-electron chi connectivity index (χ0n) is 9.63. The summed E-state index contributed by atoms with van der Waals surface area (Å²) in [5.41, 5.74) is -0.706. The van der Waals surface area contributed by atoms with Crippen LogP contribution in [-0.2, 0) is 10.0 Å². The van der Waals surface area contributed by atoms with Crippen LogP contribution < -0.4 is 4.31 Å². The van der Waals surface area contributed by atoms with Crippen molar-refractivity contribution in [3.05, 3.63) is 29.6 Å². The quantitative estimate of drug-likeness (QED) is 0.881. The Morgan fingerprint density at radius 1 is 1.50 bits per heavy atom. The van der Waals surface area contributed by atoms with Gasteiger partial charge in [-0.15, -0.1) is 0 Å². The van der Waals surface area contributed by atoms with Crippen LogP contribution in [-0.4, -0.2) is 31.8 Å². The fourth-order valence-electron chi connectivity index (χ4n) is 2.08. The van der Waals surface area contributed by atoms with Crippen LogP contribution in [0.3, 0.4) is 0 Å². The van der Waals surface area contributed by atoms with Crippen LogP contribution in [0.5, 0.6) is 0 Å². The van der Waals surface area contributed by atoms with Crippen molar-refractivity contribution in [2.24, 2.45) is 5.92 Å². The second kappa shape index (κ2) is 4.24. The van der Waals surface area contributed by atoms with Gasteiger partial charge in [0.25, 0.3) is 0 Å². The van der Waals surface area contributed by atoms with Gasteiger partial charge in [-0.05, 0) is 18.1 Å². The highest BCUT2D eigenvalue weighted by molar-refractivity contribution is 7.93. The van der Waals surface area contributed by atoms with Gasteiger partial charge in [0.1, 0.15) is 11.4 Å². The number of hydrogen-bond donors (Lipinski definition) is 1. The van der Waals surface area contributed by atoms with Crippen molar-refractivity contribution >= 4 is 21.7 Å². The van der Waals surface area contributed by atoms with Gasteiger partial charge < -0.3 is 5.11 Å². The van der Waals surface area contributed by atoms with Crippen molar-refractivity contribution in [1.82, 2.24) is 0 Å². The molecule has 1 aliphatic rings. The molecule has 0 amide bonds. The van der Waals surface area contributed by atoms with Gasteiger partial charge in [-0.1, -0.05) is 13.0 Å². The summed E-state index contributed by atoms with van der Waals surface area (Å²) in [5, 5.41) is 8.98. The van der Waals surface area contributed by atoms with Crippen molar-refractivity contribution in [3.63, 3.8) is 0 Å². The topological polar surface area (TPSA) is 74.7 Å². The molecule has 2 rings (SSSR count). The van der Waals surface area contributed by atoms with Gasteiger partial charge in [0.05, 0.1) is 11.4 Å². The molecular weight excluding hydrogens is 261 g/mol. The van der Waals surface area contributed by atoms with E-state index < -0.39 is 27.4 Å². The van der Waals surface area contributed by atoms with Crippen LogP contribution in [0.1, 0.15) is 17.3 Å². The maximum atomic E-state index is 13.5. The zero-order valence-corrected chi connectivity index (χ0v) is 10.4. The molecule has 0 saturated carbocycles. The first kappa shape index (κ1) is 12.8. The molecule has 1 fully saturated rings. The summed E-state index contributed by atoms with van der Waals surface area (Å²) in [5.74, 6) is -2.57. The van der Waals surface area contributed by atoms with Gasteiger partial charge >= 0.3 is 5.97 Å². The molecule has 1 aliphatic heterocycles. The molecule has 1 unspecified atom stereocenters. The van der Waals surface area contributed by atoms with Crippen LogP contribution in [0.15, 0.2) is 18.2 Å². The Bertz CT molecular complexity index is 599. The molecule has 0 spiro atoms. The van der Waals surface area contributed by atoms with Crippen LogP contribution in [0.4, 0.5) is 10.1 Å². The van der Waals surface area contributed by atoms with Gasteiger partial charge in [-0.3, -0.25) is 4.31 Å². The number of rotatable bonds is 2. The SMILES string of the molecule is CC1CN(c2cccc(F)c2C(=O)O)S(=O)(=O)C1. The van der Waals surface area contributed by atoms with E-state index in [1.54, 1.807) is 6.92 Å². The van der Waals surface area contributed by atoms with E-state index in [1.165, 1.54) is 12.1 Å². The third-order valence-corrected chi connectivity index (χ3v) is 4.79. The molecule has 98 valence electrons. The van der Waals surface area contributed by atoms with Crippen LogP contribution in [0, 0.1) is 11.7 Å². The van der Waals surface area contributed by atoms with E-state index in [1.807, 2.05) is 0 Å². The number of nitrogens with zero attached hydrogens (tertiary/aromatic N) is 1. The predicted octanol–water partition coefficient (Wildman–Crippen LogP) is 1.31. The monoisotopic (exact) mass is 273 g/mol. The molecule has 1 N–H and O–H groups in total. The number of anilines is 1. The molecule has 1 heterocycles. The maximum Gasteiger partial charge on any atom is 0.340 e. The lowest BCUT2D eigenvalue weighted by Gasteiger charge is -2.19. The molecule has 1 aromatic rings. The Morgan fingerprint density at radius 2 is 2.17 bits per heavy atom. The summed E-state index contributed by atoms with van der Waals surface area (Å²) in [4.78, 5) is 11.0. The van der Waals surface area contributed by atoms with Crippen molar-refractivity contribution < 1.29 is 22.7 Å². The molecule has 0 aromatic heterocycles. The third kappa shape index (κ3) is 2.05. The fraction of sp³-hybridized carbons (Fsp3) is 0.364. The van der Waals surface area contributed by atoms with Crippen LogP contribution in [0.2, 0.25) is 0 Å². The zero-order chi connectivity index (χ0) is 13.5. The number of aromatic carboxylic acids is 1. The number of carboxylic acids is 1. The van der Waals surface area contributed by atoms with Crippen molar-refractivity contribution in [1.29, 1.82) is 0 Å². The van der Waals surface area contributed by atoms with Gasteiger partial charge in [0, 0.05) is 6.54 Å². The average Bonchev–Trinajstić information content (AvgIpc) is 2.50. The predicted molar refractivity (Wildman–Crippen MR) is 63.7 cm³/mol. The second-order valence-corrected chi connectivity index (χ2v) is 6.29. The molecule has 1 saturated heterocycles. The Morgan fingerprint density at radius 3 is 2.67 bits per heavy atom. The normalized spacial score (nSPS) is 22.1. The van der Waals surface area contributed by atoms with E-state index >= 15 is 0 Å². The first-order valence-electron chi connectivity index (χ1n) is 5.35. The Labute approximate surface area is 104 Å². The van der Waals surface area contributed by atoms with E-state index in [-0.39, 0.29) is 23.9 Å². The fourth-order valence-corrected chi connectivity index (χ4v) is 4.02. The molecule has 0 bridgehead atoms. The standard InChI is InChI=1S/C11H12FNO4S/c1-7-5-13(18(16,17)6-7)9-4-2-3-8(12)10(9)11(14)15/h2-4,7H,5-6H2,1H3,(H,14,15). The Kier molecular flexibility index (Phi) is 3.02.